The number of ether oxygens (including phenoxy) is 2. The average molecular weight is 873 g/mol. The van der Waals surface area contributed by atoms with Gasteiger partial charge in [-0.15, -0.1) is 0 Å². The van der Waals surface area contributed by atoms with Crippen molar-refractivity contribution >= 4 is 34.8 Å². The summed E-state index contributed by atoms with van der Waals surface area (Å²) in [4.78, 5) is 33.6. The third-order valence-corrected chi connectivity index (χ3v) is 7.30. The van der Waals surface area contributed by atoms with Gasteiger partial charge in [0.2, 0.25) is 0 Å². The summed E-state index contributed by atoms with van der Waals surface area (Å²) >= 11 is 18.5. The molecule has 0 fully saturated rings. The van der Waals surface area contributed by atoms with Gasteiger partial charge in [-0.3, -0.25) is 0 Å². The number of nitrogens with zero attached hydrogens (tertiary/aromatic N) is 4. The molecule has 0 saturated heterocycles. The normalized spacial score (nSPS) is 12.7. The first-order chi connectivity index (χ1) is 19.5. The fourth-order valence-corrected chi connectivity index (χ4v) is 5.11. The summed E-state index contributed by atoms with van der Waals surface area (Å²) in [5.41, 5.74) is -1.28. The van der Waals surface area contributed by atoms with E-state index in [9.17, 15) is 9.59 Å². The van der Waals surface area contributed by atoms with Crippen LogP contribution in [0, 0.1) is 10.8 Å². The molecule has 268 valence electrons. The molecule has 2 atom stereocenters. The van der Waals surface area contributed by atoms with Gasteiger partial charge in [-0.1, -0.05) is 0 Å². The molecular weight excluding hydrogens is 839 g/mol. The van der Waals surface area contributed by atoms with E-state index in [0.29, 0.717) is 21.5 Å². The predicted octanol–water partition coefficient (Wildman–Crippen LogP) is -7.93. The predicted molar refractivity (Wildman–Crippen MR) is 156 cm³/mol. The molecule has 0 saturated carbocycles. The van der Waals surface area contributed by atoms with E-state index >= 15 is 0 Å². The summed E-state index contributed by atoms with van der Waals surface area (Å²) in [7, 11) is 0. The molecule has 0 spiro atoms. The van der Waals surface area contributed by atoms with Gasteiger partial charge in [-0.2, -0.15) is 0 Å². The summed E-state index contributed by atoms with van der Waals surface area (Å²) in [5, 5.41) is 14.3. The van der Waals surface area contributed by atoms with E-state index < -0.39 is 19.8 Å². The Labute approximate surface area is 330 Å². The number of Topliss-reactive ketones (excluding diaryl/α,β-unsaturated/α-hetero) is 2. The topological polar surface area (TPSA) is 199 Å². The molecule has 2 aromatic heterocycles. The first-order valence-electron chi connectivity index (χ1n) is 12.6. The van der Waals surface area contributed by atoms with E-state index in [1.807, 2.05) is 41.5 Å². The molecule has 6 N–H and O–H groups in total. The zero-order chi connectivity index (χ0) is 31.3. The minimum absolute atomic E-state index is 0. The summed E-state index contributed by atoms with van der Waals surface area (Å²) in [5.74, 6) is 1.03. The number of benzene rings is 2. The monoisotopic (exact) mass is 870 g/mol. The first-order valence-corrected chi connectivity index (χ1v) is 14.5. The van der Waals surface area contributed by atoms with Gasteiger partial charge >= 0.3 is 272 Å². The second-order valence-electron chi connectivity index (χ2n) is 11.1. The van der Waals surface area contributed by atoms with Crippen LogP contribution in [0.2, 0.25) is 10.0 Å². The molecule has 2 heterocycles. The van der Waals surface area contributed by atoms with E-state index in [1.54, 1.807) is 48.5 Å². The Bertz CT molecular complexity index is 1380. The maximum absolute atomic E-state index is 12.8. The summed E-state index contributed by atoms with van der Waals surface area (Å²) in [6.45, 7) is 10.9. The molecule has 2 unspecified atom stereocenters. The smallest absolute Gasteiger partial charge is 0.412 e. The number of carbonyl (C=O) groups is 2. The Hall–Kier alpha value is -1.64. The Morgan fingerprint density at radius 3 is 1.08 bits per heavy atom. The van der Waals surface area contributed by atoms with E-state index in [2.05, 4.69) is 62.4 Å². The van der Waals surface area contributed by atoms with Crippen molar-refractivity contribution in [3.8, 4) is 11.5 Å². The zero-order valence-corrected chi connectivity index (χ0v) is 33.1. The number of carbonyl (C=O) groups excluding carboxylic acids is 2. The summed E-state index contributed by atoms with van der Waals surface area (Å²) < 4.78 is 8.79. The number of nitrogens with one attached hydrogen (secondary N) is 2. The molecule has 0 aliphatic heterocycles. The summed E-state index contributed by atoms with van der Waals surface area (Å²) in [6, 6.07) is 13.5. The van der Waals surface area contributed by atoms with Crippen molar-refractivity contribution in [2.24, 2.45) is 10.8 Å². The minimum Gasteiger partial charge on any atom is -1.00 e. The molecule has 0 aliphatic carbocycles. The van der Waals surface area contributed by atoms with Gasteiger partial charge < -0.3 is 60.6 Å². The number of hydrogen-bond donors (Lipinski definition) is 2. The molecule has 20 heteroatoms. The van der Waals surface area contributed by atoms with Gasteiger partial charge in [0.1, 0.15) is 0 Å². The number of hydrogen-bond acceptors (Lipinski definition) is 8. The van der Waals surface area contributed by atoms with Gasteiger partial charge in [0.25, 0.3) is 0 Å². The first kappa shape index (κ1) is 53.2. The molecule has 12 nitrogen and oxygen atoms in total. The molecule has 2 aromatic carbocycles. The van der Waals surface area contributed by atoms with Crippen LogP contribution in [0.1, 0.15) is 53.2 Å². The third-order valence-electron chi connectivity index (χ3n) is 5.50. The van der Waals surface area contributed by atoms with Gasteiger partial charge in [0.15, 0.2) is 0 Å². The Morgan fingerprint density at radius 2 is 0.875 bits per heavy atom. The SMILES string of the molecule is CC(C)(C)C(=O)[C]([Mn+2])(Oc1ccc(Cl)cc1)c1nc[nH]n1.CC(C)(C)C(=O)[C]([Mn+2])(Oc1ccc(Cl)cc1)c1nc[nH]n1.O.O.[Cl-].[Cl-].[Cl-].[Cl-]. The molecule has 4 aromatic rings. The third kappa shape index (κ3) is 13.6. The minimum atomic E-state index is -1.46. The maximum atomic E-state index is 12.8. The molecule has 0 aliphatic rings. The van der Waals surface area contributed by atoms with Crippen molar-refractivity contribution in [3.63, 3.8) is 0 Å². The number of aromatic nitrogens is 6. The van der Waals surface area contributed by atoms with Gasteiger partial charge in [-0.25, -0.2) is 0 Å². The van der Waals surface area contributed by atoms with Crippen LogP contribution in [0.3, 0.4) is 0 Å². The van der Waals surface area contributed by atoms with Crippen molar-refractivity contribution in [1.82, 2.24) is 30.4 Å². The van der Waals surface area contributed by atoms with E-state index in [0.717, 1.165) is 0 Å². The molecule has 0 radical (unpaired) electrons. The van der Waals surface area contributed by atoms with E-state index in [1.165, 1.54) is 12.7 Å². The van der Waals surface area contributed by atoms with Crippen molar-refractivity contribution in [2.45, 2.75) is 50.5 Å². The molecule has 0 bridgehead atoms. The van der Waals surface area contributed by atoms with Crippen molar-refractivity contribution in [2.75, 3.05) is 0 Å². The summed E-state index contributed by atoms with van der Waals surface area (Å²) in [6.07, 6.45) is 2.79. The molecule has 48 heavy (non-hydrogen) atoms. The van der Waals surface area contributed by atoms with Gasteiger partial charge in [0, 0.05) is 0 Å². The van der Waals surface area contributed by atoms with Crippen molar-refractivity contribution in [3.05, 3.63) is 82.9 Å². The van der Waals surface area contributed by atoms with Crippen LogP contribution in [0.5, 0.6) is 11.5 Å². The van der Waals surface area contributed by atoms with Crippen LogP contribution in [-0.2, 0) is 50.6 Å². The Morgan fingerprint density at radius 1 is 0.604 bits per heavy atom. The number of aromatic amines is 2. The van der Waals surface area contributed by atoms with Crippen LogP contribution >= 0.6 is 23.2 Å². The number of ketones is 2. The van der Waals surface area contributed by atoms with Crippen molar-refractivity contribution in [1.29, 1.82) is 0 Å². The number of H-pyrrole nitrogens is 2. The van der Waals surface area contributed by atoms with Crippen LogP contribution in [0.15, 0.2) is 61.2 Å². The van der Waals surface area contributed by atoms with Gasteiger partial charge in [-0.05, 0) is 0 Å². The van der Waals surface area contributed by atoms with Gasteiger partial charge in [0.05, 0.1) is 0 Å². The maximum Gasteiger partial charge on any atom is -0.412 e. The second-order valence-corrected chi connectivity index (χ2v) is 13.6. The quantitative estimate of drug-likeness (QED) is 0.163. The van der Waals surface area contributed by atoms with Crippen LogP contribution in [0.4, 0.5) is 0 Å². The van der Waals surface area contributed by atoms with E-state index in [-0.39, 0.29) is 83.8 Å². The van der Waals surface area contributed by atoms with Crippen LogP contribution in [0.25, 0.3) is 0 Å². The van der Waals surface area contributed by atoms with Crippen LogP contribution < -0.4 is 59.1 Å². The largest absolute Gasteiger partial charge is 1.00 e. The zero-order valence-electron chi connectivity index (χ0n) is 26.2. The number of halogens is 6. The van der Waals surface area contributed by atoms with Crippen LogP contribution in [-0.4, -0.2) is 52.9 Å². The fourth-order valence-electron chi connectivity index (χ4n) is 3.41. The number of rotatable bonds is 8. The van der Waals surface area contributed by atoms with E-state index in [4.69, 9.17) is 32.7 Å². The molecule has 0 amide bonds. The standard InChI is InChI=1S/2C14H15ClN3O2.4ClH.2Mn.2H2O/c2*1-14(2,3)12(19)11(13-16-8-17-18-13)20-10-6-4-9(15)5-7-10;;;;;;;;/h2*4-8H,1-3H3,(H,16,17,18);4*1H;;;2*1H2/q;;;;;;2*+2;;/p-4. The fraction of sp³-hybridized carbons (Fsp3) is 0.357. The molecular formula is C28H34Cl6Mn2N6O6. The van der Waals surface area contributed by atoms with Crippen molar-refractivity contribution < 1.29 is 112 Å². The Kier molecular flexibility index (Phi) is 23.9. The molecule has 4 rings (SSSR count). The Balaban J connectivity index is -0.000000359. The second kappa shape index (κ2) is 21.5. The average Bonchev–Trinajstić information content (AvgIpc) is 3.65.